The van der Waals surface area contributed by atoms with Crippen LogP contribution in [-0.2, 0) is 16.1 Å². The van der Waals surface area contributed by atoms with Gasteiger partial charge in [-0.15, -0.1) is 11.3 Å². The number of hydrogen-bond acceptors (Lipinski definition) is 5. The second-order valence-corrected chi connectivity index (χ2v) is 10.1. The molecule has 6 nitrogen and oxygen atoms in total. The highest BCUT2D eigenvalue weighted by atomic mass is 32.1. The smallest absolute Gasteiger partial charge is 0.262 e. The van der Waals surface area contributed by atoms with Gasteiger partial charge in [-0.3, -0.25) is 14.5 Å². The normalized spacial score (nSPS) is 24.3. The molecule has 2 aliphatic heterocycles. The summed E-state index contributed by atoms with van der Waals surface area (Å²) in [5.41, 5.74) is 0. The molecule has 30 heavy (non-hydrogen) atoms. The maximum atomic E-state index is 14.4. The van der Waals surface area contributed by atoms with Gasteiger partial charge in [0.05, 0.1) is 19.1 Å². The minimum absolute atomic E-state index is 0.135. The first kappa shape index (κ1) is 21.6. The maximum Gasteiger partial charge on any atom is 0.262 e. The van der Waals surface area contributed by atoms with Gasteiger partial charge in [0.25, 0.3) is 5.92 Å². The number of carbonyl (C=O) groups excluding carboxylic acids is 2. The zero-order valence-electron chi connectivity index (χ0n) is 17.6. The van der Waals surface area contributed by atoms with Crippen LogP contribution in [0.3, 0.4) is 0 Å². The van der Waals surface area contributed by atoms with Gasteiger partial charge in [-0.1, -0.05) is 6.07 Å². The lowest BCUT2D eigenvalue weighted by molar-refractivity contribution is -0.144. The van der Waals surface area contributed by atoms with E-state index in [1.807, 2.05) is 36.5 Å². The van der Waals surface area contributed by atoms with Crippen molar-refractivity contribution < 1.29 is 18.4 Å². The summed E-state index contributed by atoms with van der Waals surface area (Å²) in [5, 5.41) is 1.96. The zero-order valence-corrected chi connectivity index (χ0v) is 18.4. The Morgan fingerprint density at radius 2 is 1.97 bits per heavy atom. The van der Waals surface area contributed by atoms with Crippen molar-refractivity contribution in [1.29, 1.82) is 0 Å². The predicted molar refractivity (Wildman–Crippen MR) is 111 cm³/mol. The van der Waals surface area contributed by atoms with E-state index in [-0.39, 0.29) is 23.8 Å². The molecule has 0 spiro atoms. The average Bonchev–Trinajstić information content (AvgIpc) is 3.28. The van der Waals surface area contributed by atoms with Crippen LogP contribution in [0, 0.1) is 5.92 Å². The summed E-state index contributed by atoms with van der Waals surface area (Å²) >= 11 is 1.57. The number of carbonyl (C=O) groups is 2. The molecule has 3 aliphatic rings. The Kier molecular flexibility index (Phi) is 6.14. The Morgan fingerprint density at radius 3 is 2.57 bits per heavy atom. The monoisotopic (exact) mass is 440 g/mol. The number of likely N-dealkylation sites (tertiary alicyclic amines) is 2. The number of thiophene rings is 1. The standard InChI is InChI=1S/C21H30F2N4O2S/c1-24(2)7-8-25(13-17-4-3-9-30-17)20(29)18-10-21(22,23)14-27(18)16-11-26(12-16)19(28)15-5-6-15/h3-4,9,15-16,18H,5-8,10-14H2,1-2H3/t18-/m0/s1. The maximum absolute atomic E-state index is 14.4. The van der Waals surface area contributed by atoms with Crippen molar-refractivity contribution in [2.24, 2.45) is 5.92 Å². The molecule has 1 aromatic rings. The van der Waals surface area contributed by atoms with Gasteiger partial charge in [0.1, 0.15) is 0 Å². The van der Waals surface area contributed by atoms with Crippen molar-refractivity contribution >= 4 is 23.2 Å². The fourth-order valence-electron chi connectivity index (χ4n) is 4.28. The van der Waals surface area contributed by atoms with Crippen molar-refractivity contribution in [1.82, 2.24) is 19.6 Å². The molecule has 1 aromatic heterocycles. The van der Waals surface area contributed by atoms with E-state index in [1.54, 1.807) is 26.0 Å². The second kappa shape index (κ2) is 8.51. The number of rotatable bonds is 8. The van der Waals surface area contributed by atoms with Gasteiger partial charge in [0.2, 0.25) is 11.8 Å². The summed E-state index contributed by atoms with van der Waals surface area (Å²) in [7, 11) is 3.87. The highest BCUT2D eigenvalue weighted by Gasteiger charge is 2.54. The van der Waals surface area contributed by atoms with Crippen LogP contribution in [0.2, 0.25) is 0 Å². The first-order chi connectivity index (χ1) is 14.2. The molecule has 0 radical (unpaired) electrons. The predicted octanol–water partition coefficient (Wildman–Crippen LogP) is 1.97. The van der Waals surface area contributed by atoms with E-state index >= 15 is 0 Å². The van der Waals surface area contributed by atoms with E-state index in [4.69, 9.17) is 0 Å². The lowest BCUT2D eigenvalue weighted by Crippen LogP contribution is -2.64. The molecule has 2 saturated heterocycles. The molecular weight excluding hydrogens is 410 g/mol. The Balaban J connectivity index is 1.45. The van der Waals surface area contributed by atoms with Crippen LogP contribution in [0.4, 0.5) is 8.78 Å². The van der Waals surface area contributed by atoms with E-state index in [0.29, 0.717) is 32.7 Å². The Hall–Kier alpha value is -1.58. The van der Waals surface area contributed by atoms with Gasteiger partial charge in [0.15, 0.2) is 0 Å². The number of alkyl halides is 2. The van der Waals surface area contributed by atoms with E-state index < -0.39 is 24.9 Å². The Bertz CT molecular complexity index is 763. The summed E-state index contributed by atoms with van der Waals surface area (Å²) in [6.45, 7) is 2.12. The first-order valence-electron chi connectivity index (χ1n) is 10.6. The van der Waals surface area contributed by atoms with Crippen LogP contribution in [-0.4, -0.2) is 96.2 Å². The first-order valence-corrected chi connectivity index (χ1v) is 11.5. The third-order valence-electron chi connectivity index (χ3n) is 6.22. The van der Waals surface area contributed by atoms with Crippen LogP contribution >= 0.6 is 11.3 Å². The van der Waals surface area contributed by atoms with E-state index in [0.717, 1.165) is 17.7 Å². The summed E-state index contributed by atoms with van der Waals surface area (Å²) in [4.78, 5) is 33.8. The average molecular weight is 441 g/mol. The molecule has 0 bridgehead atoms. The SMILES string of the molecule is CN(C)CCN(Cc1cccs1)C(=O)[C@@H]1CC(F)(F)CN1C1CN(C(=O)C2CC2)C1. The van der Waals surface area contributed by atoms with Crippen LogP contribution in [0.15, 0.2) is 17.5 Å². The number of halogens is 2. The molecule has 0 unspecified atom stereocenters. The van der Waals surface area contributed by atoms with Gasteiger partial charge in [0, 0.05) is 49.4 Å². The van der Waals surface area contributed by atoms with E-state index in [2.05, 4.69) is 0 Å². The van der Waals surface area contributed by atoms with Crippen LogP contribution in [0.1, 0.15) is 24.1 Å². The topological polar surface area (TPSA) is 47.1 Å². The zero-order chi connectivity index (χ0) is 21.5. The minimum atomic E-state index is -2.88. The van der Waals surface area contributed by atoms with Gasteiger partial charge < -0.3 is 14.7 Å². The summed E-state index contributed by atoms with van der Waals surface area (Å²) in [6.07, 6.45) is 1.43. The fourth-order valence-corrected chi connectivity index (χ4v) is 5.00. The van der Waals surface area contributed by atoms with E-state index in [9.17, 15) is 18.4 Å². The molecular formula is C21H30F2N4O2S. The minimum Gasteiger partial charge on any atom is -0.339 e. The largest absolute Gasteiger partial charge is 0.339 e. The van der Waals surface area contributed by atoms with Gasteiger partial charge in [-0.05, 0) is 38.4 Å². The second-order valence-electron chi connectivity index (χ2n) is 9.06. The number of amides is 2. The van der Waals surface area contributed by atoms with Crippen LogP contribution in [0.5, 0.6) is 0 Å². The lowest BCUT2D eigenvalue weighted by atomic mass is 10.0. The van der Waals surface area contributed by atoms with Crippen LogP contribution < -0.4 is 0 Å². The summed E-state index contributed by atoms with van der Waals surface area (Å²) in [6, 6.07) is 2.91. The molecule has 3 fully saturated rings. The molecule has 166 valence electrons. The fraction of sp³-hybridized carbons (Fsp3) is 0.714. The van der Waals surface area contributed by atoms with Crippen molar-refractivity contribution in [3.05, 3.63) is 22.4 Å². The molecule has 0 N–H and O–H groups in total. The third-order valence-corrected chi connectivity index (χ3v) is 7.08. The summed E-state index contributed by atoms with van der Waals surface area (Å²) < 4.78 is 28.8. The molecule has 4 rings (SSSR count). The van der Waals surface area contributed by atoms with Crippen LogP contribution in [0.25, 0.3) is 0 Å². The number of hydrogen-bond donors (Lipinski definition) is 0. The Labute approximate surface area is 180 Å². The third kappa shape index (κ3) is 4.84. The van der Waals surface area contributed by atoms with Crippen molar-refractivity contribution in [2.45, 2.75) is 43.8 Å². The molecule has 1 atom stereocenters. The van der Waals surface area contributed by atoms with E-state index in [1.165, 1.54) is 0 Å². The molecule has 9 heteroatoms. The summed E-state index contributed by atoms with van der Waals surface area (Å²) in [5.74, 6) is -2.83. The van der Waals surface area contributed by atoms with Gasteiger partial charge in [-0.2, -0.15) is 0 Å². The quantitative estimate of drug-likeness (QED) is 0.620. The highest BCUT2D eigenvalue weighted by Crippen LogP contribution is 2.38. The Morgan fingerprint density at radius 1 is 1.23 bits per heavy atom. The molecule has 1 aliphatic carbocycles. The lowest BCUT2D eigenvalue weighted by Gasteiger charge is -2.46. The number of likely N-dealkylation sites (N-methyl/N-ethyl adjacent to an activating group) is 1. The van der Waals surface area contributed by atoms with Crippen molar-refractivity contribution in [2.75, 3.05) is 46.8 Å². The molecule has 1 saturated carbocycles. The highest BCUT2D eigenvalue weighted by molar-refractivity contribution is 7.09. The molecule has 2 amide bonds. The van der Waals surface area contributed by atoms with Crippen molar-refractivity contribution in [3.8, 4) is 0 Å². The molecule has 0 aromatic carbocycles. The van der Waals surface area contributed by atoms with Gasteiger partial charge >= 0.3 is 0 Å². The van der Waals surface area contributed by atoms with Gasteiger partial charge in [-0.25, -0.2) is 8.78 Å². The van der Waals surface area contributed by atoms with Crippen molar-refractivity contribution in [3.63, 3.8) is 0 Å². The number of nitrogens with zero attached hydrogens (tertiary/aromatic N) is 4. The molecule has 3 heterocycles.